The van der Waals surface area contributed by atoms with Crippen LogP contribution in [-0.2, 0) is 6.42 Å². The molecule has 2 aromatic carbocycles. The van der Waals surface area contributed by atoms with Crippen LogP contribution in [0.3, 0.4) is 0 Å². The second-order valence-electron chi connectivity index (χ2n) is 4.83. The molecule has 0 saturated heterocycles. The molecule has 21 heavy (non-hydrogen) atoms. The molecule has 0 aliphatic heterocycles. The quantitative estimate of drug-likeness (QED) is 0.826. The number of nitrogens with two attached hydrogens (primary N) is 1. The molecule has 0 unspecified atom stereocenters. The Labute approximate surface area is 124 Å². The minimum Gasteiger partial charge on any atom is -0.494 e. The van der Waals surface area contributed by atoms with E-state index in [1.165, 1.54) is 12.7 Å². The van der Waals surface area contributed by atoms with Gasteiger partial charge in [0, 0.05) is 5.69 Å². The summed E-state index contributed by atoms with van der Waals surface area (Å²) in [5.41, 5.74) is 8.70. The number of hydrogen-bond donors (Lipinski definition) is 2. The van der Waals surface area contributed by atoms with E-state index in [4.69, 9.17) is 10.5 Å². The number of aryl methyl sites for hydroxylation is 1. The van der Waals surface area contributed by atoms with E-state index >= 15 is 0 Å². The second-order valence-corrected chi connectivity index (χ2v) is 4.83. The van der Waals surface area contributed by atoms with Crippen LogP contribution in [0.1, 0.15) is 29.3 Å². The number of amides is 1. The fraction of sp³-hybridized carbons (Fsp3) is 0.235. The molecule has 1 amide bonds. The van der Waals surface area contributed by atoms with Crippen LogP contribution >= 0.6 is 0 Å². The van der Waals surface area contributed by atoms with Crippen molar-refractivity contribution in [3.63, 3.8) is 0 Å². The number of nitrogens with one attached hydrogen (secondary N) is 1. The van der Waals surface area contributed by atoms with Crippen molar-refractivity contribution in [2.75, 3.05) is 18.2 Å². The highest BCUT2D eigenvalue weighted by Gasteiger charge is 2.14. The summed E-state index contributed by atoms with van der Waals surface area (Å²) in [6.07, 6.45) is 2.14. The van der Waals surface area contributed by atoms with Gasteiger partial charge >= 0.3 is 0 Å². The van der Waals surface area contributed by atoms with Crippen molar-refractivity contribution in [1.29, 1.82) is 0 Å². The third-order valence-electron chi connectivity index (χ3n) is 3.24. The maximum atomic E-state index is 12.3. The molecule has 2 aromatic rings. The van der Waals surface area contributed by atoms with Crippen LogP contribution in [0.25, 0.3) is 0 Å². The smallest absolute Gasteiger partial charge is 0.259 e. The van der Waals surface area contributed by atoms with Crippen molar-refractivity contribution in [2.24, 2.45) is 0 Å². The van der Waals surface area contributed by atoms with Gasteiger partial charge in [-0.25, -0.2) is 0 Å². The highest BCUT2D eigenvalue weighted by Crippen LogP contribution is 2.26. The highest BCUT2D eigenvalue weighted by molar-refractivity contribution is 6.07. The van der Waals surface area contributed by atoms with E-state index in [0.717, 1.165) is 18.5 Å². The summed E-state index contributed by atoms with van der Waals surface area (Å²) < 4.78 is 5.20. The first-order valence-corrected chi connectivity index (χ1v) is 6.98. The van der Waals surface area contributed by atoms with Gasteiger partial charge in [0.1, 0.15) is 0 Å². The lowest BCUT2D eigenvalue weighted by atomic mass is 10.1. The summed E-state index contributed by atoms with van der Waals surface area (Å²) in [6.45, 7) is 2.14. The predicted molar refractivity (Wildman–Crippen MR) is 85.8 cm³/mol. The zero-order valence-corrected chi connectivity index (χ0v) is 12.3. The lowest BCUT2D eigenvalue weighted by molar-refractivity contribution is 0.102. The van der Waals surface area contributed by atoms with E-state index in [1.54, 1.807) is 18.2 Å². The fourth-order valence-electron chi connectivity index (χ4n) is 2.20. The molecule has 0 spiro atoms. The van der Waals surface area contributed by atoms with Crippen LogP contribution in [0.4, 0.5) is 11.4 Å². The molecule has 2 rings (SSSR count). The number of benzene rings is 2. The lowest BCUT2D eigenvalue weighted by Crippen LogP contribution is -2.14. The molecule has 0 aliphatic rings. The van der Waals surface area contributed by atoms with Gasteiger partial charge in [0.2, 0.25) is 0 Å². The van der Waals surface area contributed by atoms with Crippen LogP contribution in [-0.4, -0.2) is 13.0 Å². The number of methoxy groups -OCH3 is 1. The molecule has 4 nitrogen and oxygen atoms in total. The van der Waals surface area contributed by atoms with Crippen LogP contribution in [0.5, 0.6) is 5.75 Å². The van der Waals surface area contributed by atoms with Gasteiger partial charge in [-0.3, -0.25) is 4.79 Å². The van der Waals surface area contributed by atoms with Gasteiger partial charge in [-0.1, -0.05) is 31.5 Å². The van der Waals surface area contributed by atoms with E-state index in [9.17, 15) is 4.79 Å². The SMILES string of the molecule is CCCc1ccc(NC(=O)c2cccc(N)c2OC)cc1. The molecule has 0 saturated carbocycles. The van der Waals surface area contributed by atoms with Crippen molar-refractivity contribution in [3.8, 4) is 5.75 Å². The van der Waals surface area contributed by atoms with Gasteiger partial charge in [0.15, 0.2) is 5.75 Å². The summed E-state index contributed by atoms with van der Waals surface area (Å²) in [5.74, 6) is 0.167. The summed E-state index contributed by atoms with van der Waals surface area (Å²) in [7, 11) is 1.50. The van der Waals surface area contributed by atoms with Crippen LogP contribution in [0.15, 0.2) is 42.5 Å². The third kappa shape index (κ3) is 3.54. The van der Waals surface area contributed by atoms with Crippen molar-refractivity contribution >= 4 is 17.3 Å². The normalized spacial score (nSPS) is 10.2. The Kier molecular flexibility index (Phi) is 4.82. The van der Waals surface area contributed by atoms with Gasteiger partial charge in [-0.15, -0.1) is 0 Å². The fourth-order valence-corrected chi connectivity index (χ4v) is 2.20. The Morgan fingerprint density at radius 2 is 1.90 bits per heavy atom. The molecule has 0 heterocycles. The molecule has 0 aromatic heterocycles. The minimum atomic E-state index is -0.234. The molecule has 3 N–H and O–H groups in total. The number of anilines is 2. The van der Waals surface area contributed by atoms with Gasteiger partial charge in [0.25, 0.3) is 5.91 Å². The first kappa shape index (κ1) is 14.9. The Morgan fingerprint density at radius 3 is 2.52 bits per heavy atom. The molecule has 0 aliphatic carbocycles. The summed E-state index contributed by atoms with van der Waals surface area (Å²) >= 11 is 0. The molecular formula is C17H20N2O2. The number of rotatable bonds is 5. The first-order chi connectivity index (χ1) is 10.2. The van der Waals surface area contributed by atoms with Crippen LogP contribution in [0.2, 0.25) is 0 Å². The van der Waals surface area contributed by atoms with E-state index in [0.29, 0.717) is 17.0 Å². The number of hydrogen-bond acceptors (Lipinski definition) is 3. The Morgan fingerprint density at radius 1 is 1.19 bits per heavy atom. The Bertz CT molecular complexity index is 621. The van der Waals surface area contributed by atoms with Gasteiger partial charge in [0.05, 0.1) is 18.4 Å². The monoisotopic (exact) mass is 284 g/mol. The predicted octanol–water partition coefficient (Wildman–Crippen LogP) is 3.48. The summed E-state index contributed by atoms with van der Waals surface area (Å²) in [6, 6.07) is 13.0. The number of para-hydroxylation sites is 1. The number of nitrogen functional groups attached to an aromatic ring is 1. The Hall–Kier alpha value is -2.49. The lowest BCUT2D eigenvalue weighted by Gasteiger charge is -2.11. The molecule has 0 atom stereocenters. The molecular weight excluding hydrogens is 264 g/mol. The maximum Gasteiger partial charge on any atom is 0.259 e. The number of carbonyl (C=O) groups excluding carboxylic acids is 1. The van der Waals surface area contributed by atoms with Crippen molar-refractivity contribution in [3.05, 3.63) is 53.6 Å². The molecule has 4 heteroatoms. The van der Waals surface area contributed by atoms with Crippen molar-refractivity contribution in [2.45, 2.75) is 19.8 Å². The van der Waals surface area contributed by atoms with Crippen LogP contribution in [0, 0.1) is 0 Å². The van der Waals surface area contributed by atoms with E-state index in [1.807, 2.05) is 24.3 Å². The number of ether oxygens (including phenoxy) is 1. The minimum absolute atomic E-state index is 0.234. The highest BCUT2D eigenvalue weighted by atomic mass is 16.5. The largest absolute Gasteiger partial charge is 0.494 e. The average Bonchev–Trinajstić information content (AvgIpc) is 2.49. The van der Waals surface area contributed by atoms with Gasteiger partial charge < -0.3 is 15.8 Å². The van der Waals surface area contributed by atoms with E-state index in [-0.39, 0.29) is 5.91 Å². The summed E-state index contributed by atoms with van der Waals surface area (Å²) in [5, 5.41) is 2.85. The van der Waals surface area contributed by atoms with Crippen molar-refractivity contribution < 1.29 is 9.53 Å². The van der Waals surface area contributed by atoms with E-state index < -0.39 is 0 Å². The van der Waals surface area contributed by atoms with E-state index in [2.05, 4.69) is 12.2 Å². The number of carbonyl (C=O) groups is 1. The topological polar surface area (TPSA) is 64.4 Å². The zero-order valence-electron chi connectivity index (χ0n) is 12.3. The first-order valence-electron chi connectivity index (χ1n) is 6.98. The van der Waals surface area contributed by atoms with Crippen molar-refractivity contribution in [1.82, 2.24) is 0 Å². The molecule has 0 radical (unpaired) electrons. The average molecular weight is 284 g/mol. The van der Waals surface area contributed by atoms with Gasteiger partial charge in [-0.2, -0.15) is 0 Å². The van der Waals surface area contributed by atoms with Gasteiger partial charge in [-0.05, 0) is 36.2 Å². The van der Waals surface area contributed by atoms with Crippen LogP contribution < -0.4 is 15.8 Å². The molecule has 0 fully saturated rings. The molecule has 110 valence electrons. The maximum absolute atomic E-state index is 12.3. The third-order valence-corrected chi connectivity index (χ3v) is 3.24. The standard InChI is InChI=1S/C17H20N2O2/c1-3-5-12-8-10-13(11-9-12)19-17(20)14-6-4-7-15(18)16(14)21-2/h4,6-11H,3,5,18H2,1-2H3,(H,19,20). The second kappa shape index (κ2) is 6.79. The summed E-state index contributed by atoms with van der Waals surface area (Å²) in [4.78, 5) is 12.3. The zero-order chi connectivity index (χ0) is 15.2. The Balaban J connectivity index is 2.16. The molecule has 0 bridgehead atoms.